The van der Waals surface area contributed by atoms with E-state index >= 15 is 0 Å². The van der Waals surface area contributed by atoms with Crippen molar-refractivity contribution in [3.05, 3.63) is 77.3 Å². The highest BCUT2D eigenvalue weighted by Crippen LogP contribution is 2.23. The van der Waals surface area contributed by atoms with E-state index in [1.165, 1.54) is 21.0 Å². The lowest BCUT2D eigenvalue weighted by molar-refractivity contribution is -0.132. The van der Waals surface area contributed by atoms with Crippen LogP contribution in [0.15, 0.2) is 66.7 Å². The molecule has 32 heavy (non-hydrogen) atoms. The third kappa shape index (κ3) is 4.67. The van der Waals surface area contributed by atoms with Gasteiger partial charge in [-0.2, -0.15) is 0 Å². The molecule has 4 aromatic rings. The number of likely N-dealkylation sites (N-methyl/N-ethyl adjacent to an activating group) is 1. The average molecular weight is 445 g/mol. The van der Waals surface area contributed by atoms with Crippen LogP contribution in [-0.2, 0) is 17.9 Å². The summed E-state index contributed by atoms with van der Waals surface area (Å²) in [7, 11) is 1.88. The van der Waals surface area contributed by atoms with Crippen molar-refractivity contribution in [2.75, 3.05) is 39.8 Å². The second kappa shape index (κ2) is 9.36. The molecule has 1 amide bonds. The number of benzene rings is 3. The van der Waals surface area contributed by atoms with Crippen molar-refractivity contribution >= 4 is 38.2 Å². The van der Waals surface area contributed by atoms with Gasteiger partial charge in [-0.1, -0.05) is 54.6 Å². The number of thiazole rings is 1. The lowest BCUT2D eigenvalue weighted by Gasteiger charge is -2.35. The summed E-state index contributed by atoms with van der Waals surface area (Å²) < 4.78 is 1.17. The van der Waals surface area contributed by atoms with Crippen molar-refractivity contribution in [2.45, 2.75) is 13.1 Å². The quantitative estimate of drug-likeness (QED) is 0.446. The van der Waals surface area contributed by atoms with Crippen molar-refractivity contribution in [3.63, 3.8) is 0 Å². The smallest absolute Gasteiger partial charge is 0.236 e. The molecule has 0 atom stereocenters. The van der Waals surface area contributed by atoms with Gasteiger partial charge in [-0.3, -0.25) is 14.6 Å². The Bertz CT molecular complexity index is 1190. The number of carbonyl (C=O) groups excluding carboxylic acids is 1. The van der Waals surface area contributed by atoms with Gasteiger partial charge in [-0.25, -0.2) is 4.98 Å². The monoisotopic (exact) mass is 444 g/mol. The van der Waals surface area contributed by atoms with E-state index < -0.39 is 0 Å². The Kier molecular flexibility index (Phi) is 6.17. The highest BCUT2D eigenvalue weighted by atomic mass is 32.1. The predicted molar refractivity (Wildman–Crippen MR) is 132 cm³/mol. The van der Waals surface area contributed by atoms with Crippen LogP contribution in [0, 0.1) is 0 Å². The minimum Gasteiger partial charge on any atom is -0.338 e. The molecule has 2 heterocycles. The molecule has 1 aliphatic heterocycles. The van der Waals surface area contributed by atoms with E-state index in [0.29, 0.717) is 13.1 Å². The summed E-state index contributed by atoms with van der Waals surface area (Å²) in [5.74, 6) is 0.159. The van der Waals surface area contributed by atoms with Crippen LogP contribution in [0.4, 0.5) is 0 Å². The van der Waals surface area contributed by atoms with E-state index in [2.05, 4.69) is 63.3 Å². The van der Waals surface area contributed by atoms with Crippen LogP contribution in [0.1, 0.15) is 10.6 Å². The molecule has 0 spiro atoms. The predicted octanol–water partition coefficient (Wildman–Crippen LogP) is 4.23. The first-order chi connectivity index (χ1) is 15.7. The van der Waals surface area contributed by atoms with Crippen molar-refractivity contribution in [1.29, 1.82) is 0 Å². The zero-order valence-electron chi connectivity index (χ0n) is 18.4. The number of carbonyl (C=O) groups is 1. The standard InChI is InChI=1S/C26H28N4OS/c1-28(18-25-27-23-11-4-5-12-24(23)32-25)26(31)19-30-15-13-29(14-16-30)17-21-9-6-8-20-7-2-3-10-22(20)21/h2-12H,13-19H2,1H3. The number of rotatable bonds is 6. The third-order valence-electron chi connectivity index (χ3n) is 6.23. The van der Waals surface area contributed by atoms with Gasteiger partial charge in [0.05, 0.1) is 23.3 Å². The lowest BCUT2D eigenvalue weighted by Crippen LogP contribution is -2.49. The van der Waals surface area contributed by atoms with Crippen LogP contribution >= 0.6 is 11.3 Å². The summed E-state index contributed by atoms with van der Waals surface area (Å²) in [4.78, 5) is 24.0. The van der Waals surface area contributed by atoms with E-state index in [1.807, 2.05) is 25.2 Å². The maximum atomic E-state index is 12.8. The summed E-state index contributed by atoms with van der Waals surface area (Å²) in [6.07, 6.45) is 0. The maximum Gasteiger partial charge on any atom is 0.236 e. The first kappa shape index (κ1) is 21.1. The second-order valence-electron chi connectivity index (χ2n) is 8.52. The van der Waals surface area contributed by atoms with Gasteiger partial charge in [0.2, 0.25) is 5.91 Å². The normalized spacial score (nSPS) is 15.4. The summed E-state index contributed by atoms with van der Waals surface area (Å²) in [6, 6.07) is 23.3. The Morgan fingerprint density at radius 1 is 0.938 bits per heavy atom. The zero-order chi connectivity index (χ0) is 21.9. The number of fused-ring (bicyclic) bond motifs is 2. The Hall–Kier alpha value is -2.80. The largest absolute Gasteiger partial charge is 0.338 e. The number of amides is 1. The number of hydrogen-bond donors (Lipinski definition) is 0. The van der Waals surface area contributed by atoms with Gasteiger partial charge in [0, 0.05) is 39.8 Å². The van der Waals surface area contributed by atoms with E-state index in [9.17, 15) is 4.79 Å². The number of piperazine rings is 1. The Labute approximate surface area is 192 Å². The van der Waals surface area contributed by atoms with Crippen molar-refractivity contribution in [2.24, 2.45) is 0 Å². The van der Waals surface area contributed by atoms with Gasteiger partial charge < -0.3 is 4.90 Å². The summed E-state index contributed by atoms with van der Waals surface area (Å²) in [6.45, 7) is 5.82. The maximum absolute atomic E-state index is 12.8. The molecule has 5 rings (SSSR count). The van der Waals surface area contributed by atoms with Crippen LogP contribution < -0.4 is 0 Å². The molecule has 0 radical (unpaired) electrons. The van der Waals surface area contributed by atoms with Crippen LogP contribution in [0.3, 0.4) is 0 Å². The van der Waals surface area contributed by atoms with Gasteiger partial charge in [-0.15, -0.1) is 11.3 Å². The van der Waals surface area contributed by atoms with E-state index in [4.69, 9.17) is 0 Å². The number of para-hydroxylation sites is 1. The molecule has 0 unspecified atom stereocenters. The van der Waals surface area contributed by atoms with Gasteiger partial charge >= 0.3 is 0 Å². The Balaban J connectivity index is 1.13. The number of aromatic nitrogens is 1. The van der Waals surface area contributed by atoms with E-state index in [-0.39, 0.29) is 5.91 Å². The van der Waals surface area contributed by atoms with Crippen molar-refractivity contribution in [1.82, 2.24) is 19.7 Å². The van der Waals surface area contributed by atoms with Crippen LogP contribution in [0.2, 0.25) is 0 Å². The summed E-state index contributed by atoms with van der Waals surface area (Å²) >= 11 is 1.67. The van der Waals surface area contributed by atoms with Crippen LogP contribution in [-0.4, -0.2) is 65.4 Å². The molecular weight excluding hydrogens is 416 g/mol. The van der Waals surface area contributed by atoms with Crippen LogP contribution in [0.25, 0.3) is 21.0 Å². The average Bonchev–Trinajstić information content (AvgIpc) is 3.23. The molecule has 0 aliphatic carbocycles. The number of nitrogens with zero attached hydrogens (tertiary/aromatic N) is 4. The lowest BCUT2D eigenvalue weighted by atomic mass is 10.0. The molecule has 3 aromatic carbocycles. The Morgan fingerprint density at radius 2 is 1.66 bits per heavy atom. The van der Waals surface area contributed by atoms with Gasteiger partial charge in [-0.05, 0) is 28.5 Å². The Morgan fingerprint density at radius 3 is 2.50 bits per heavy atom. The fraction of sp³-hybridized carbons (Fsp3) is 0.308. The molecule has 1 aliphatic rings. The first-order valence-corrected chi connectivity index (χ1v) is 12.0. The second-order valence-corrected chi connectivity index (χ2v) is 9.63. The molecule has 6 heteroatoms. The van der Waals surface area contributed by atoms with Gasteiger partial charge in [0.25, 0.3) is 0 Å². The molecule has 1 saturated heterocycles. The molecule has 0 N–H and O–H groups in total. The fourth-order valence-corrected chi connectivity index (χ4v) is 5.39. The van der Waals surface area contributed by atoms with E-state index in [1.54, 1.807) is 16.2 Å². The fourth-order valence-electron chi connectivity index (χ4n) is 4.37. The molecule has 164 valence electrons. The molecule has 1 fully saturated rings. The van der Waals surface area contributed by atoms with Crippen molar-refractivity contribution < 1.29 is 4.79 Å². The minimum absolute atomic E-state index is 0.159. The topological polar surface area (TPSA) is 39.7 Å². The SMILES string of the molecule is CN(Cc1nc2ccccc2s1)C(=O)CN1CCN(Cc2cccc3ccccc23)CC1. The number of hydrogen-bond acceptors (Lipinski definition) is 5. The highest BCUT2D eigenvalue weighted by molar-refractivity contribution is 7.18. The molecule has 5 nitrogen and oxygen atoms in total. The summed E-state index contributed by atoms with van der Waals surface area (Å²) in [5.41, 5.74) is 2.39. The molecule has 0 saturated carbocycles. The van der Waals surface area contributed by atoms with Gasteiger partial charge in [0.15, 0.2) is 0 Å². The minimum atomic E-state index is 0.159. The molecule has 0 bridgehead atoms. The van der Waals surface area contributed by atoms with Crippen LogP contribution in [0.5, 0.6) is 0 Å². The molecular formula is C26H28N4OS. The van der Waals surface area contributed by atoms with Gasteiger partial charge in [0.1, 0.15) is 5.01 Å². The molecule has 1 aromatic heterocycles. The summed E-state index contributed by atoms with van der Waals surface area (Å²) in [5, 5.41) is 3.62. The third-order valence-corrected chi connectivity index (χ3v) is 7.26. The van der Waals surface area contributed by atoms with Crippen molar-refractivity contribution in [3.8, 4) is 0 Å². The zero-order valence-corrected chi connectivity index (χ0v) is 19.2. The first-order valence-electron chi connectivity index (χ1n) is 11.2. The van der Waals surface area contributed by atoms with E-state index in [0.717, 1.165) is 43.2 Å². The highest BCUT2D eigenvalue weighted by Gasteiger charge is 2.21.